The molecule has 1 heterocycles. The Morgan fingerprint density at radius 1 is 1.50 bits per heavy atom. The number of hydrogen-bond acceptors (Lipinski definition) is 5. The molecule has 0 bridgehead atoms. The van der Waals surface area contributed by atoms with E-state index in [9.17, 15) is 4.79 Å². The van der Waals surface area contributed by atoms with Gasteiger partial charge in [0.1, 0.15) is 0 Å². The van der Waals surface area contributed by atoms with Crippen LogP contribution in [0.5, 0.6) is 0 Å². The van der Waals surface area contributed by atoms with E-state index in [1.54, 1.807) is 25.1 Å². The van der Waals surface area contributed by atoms with Gasteiger partial charge in [-0.25, -0.2) is 0 Å². The van der Waals surface area contributed by atoms with E-state index in [1.165, 1.54) is 0 Å². The van der Waals surface area contributed by atoms with E-state index in [2.05, 4.69) is 25.9 Å². The Kier molecular flexibility index (Phi) is 3.22. The third-order valence-corrected chi connectivity index (χ3v) is 2.63. The van der Waals surface area contributed by atoms with Gasteiger partial charge in [0.05, 0.1) is 6.04 Å². The number of nitrogen functional groups attached to an aromatic ring is 1. The van der Waals surface area contributed by atoms with Crippen LogP contribution in [0, 0.1) is 6.92 Å². The number of H-pyrrole nitrogens is 1. The molecule has 1 unspecified atom stereocenters. The van der Waals surface area contributed by atoms with E-state index in [0.29, 0.717) is 17.1 Å². The first kappa shape index (κ1) is 12.0. The van der Waals surface area contributed by atoms with E-state index in [1.807, 2.05) is 6.92 Å². The van der Waals surface area contributed by atoms with Gasteiger partial charge in [0.2, 0.25) is 0 Å². The summed E-state index contributed by atoms with van der Waals surface area (Å²) >= 11 is 0. The quantitative estimate of drug-likeness (QED) is 0.686. The van der Waals surface area contributed by atoms with Gasteiger partial charge in [0, 0.05) is 11.3 Å². The third-order valence-electron chi connectivity index (χ3n) is 2.63. The number of nitrogens with zero attached hydrogens (tertiary/aromatic N) is 3. The number of carbonyl (C=O) groups is 1. The zero-order chi connectivity index (χ0) is 13.1. The number of amides is 1. The molecule has 1 aromatic heterocycles. The molecule has 2 aromatic rings. The second kappa shape index (κ2) is 4.82. The molecule has 0 fully saturated rings. The van der Waals surface area contributed by atoms with Crippen LogP contribution in [0.2, 0.25) is 0 Å². The highest BCUT2D eigenvalue weighted by Crippen LogP contribution is 2.13. The molecule has 0 radical (unpaired) electrons. The molecule has 18 heavy (non-hydrogen) atoms. The second-order valence-corrected chi connectivity index (χ2v) is 4.04. The minimum absolute atomic E-state index is 0.199. The first-order valence-electron chi connectivity index (χ1n) is 5.48. The van der Waals surface area contributed by atoms with Crippen LogP contribution in [0.3, 0.4) is 0 Å². The molecule has 0 aliphatic heterocycles. The van der Waals surface area contributed by atoms with Crippen molar-refractivity contribution in [1.29, 1.82) is 0 Å². The van der Waals surface area contributed by atoms with E-state index >= 15 is 0 Å². The minimum Gasteiger partial charge on any atom is -0.399 e. The fourth-order valence-corrected chi connectivity index (χ4v) is 1.51. The molecule has 1 amide bonds. The summed E-state index contributed by atoms with van der Waals surface area (Å²) in [5.41, 5.74) is 7.79. The summed E-state index contributed by atoms with van der Waals surface area (Å²) in [7, 11) is 0. The van der Waals surface area contributed by atoms with E-state index in [0.717, 1.165) is 5.56 Å². The topological polar surface area (TPSA) is 110 Å². The number of nitrogens with one attached hydrogen (secondary N) is 2. The smallest absolute Gasteiger partial charge is 0.251 e. The van der Waals surface area contributed by atoms with Crippen molar-refractivity contribution in [3.05, 3.63) is 35.2 Å². The highest BCUT2D eigenvalue weighted by Gasteiger charge is 2.14. The normalized spacial score (nSPS) is 12.1. The Morgan fingerprint density at radius 2 is 2.28 bits per heavy atom. The molecule has 1 atom stereocenters. The maximum Gasteiger partial charge on any atom is 0.251 e. The van der Waals surface area contributed by atoms with Gasteiger partial charge in [-0.1, -0.05) is 5.21 Å². The van der Waals surface area contributed by atoms with Gasteiger partial charge < -0.3 is 11.1 Å². The lowest BCUT2D eigenvalue weighted by Crippen LogP contribution is -2.27. The highest BCUT2D eigenvalue weighted by molar-refractivity contribution is 5.95. The Labute approximate surface area is 104 Å². The first-order valence-corrected chi connectivity index (χ1v) is 5.48. The SMILES string of the molecule is Cc1cc(C(=O)NC(C)c2nn[nH]n2)ccc1N. The fraction of sp³-hybridized carbons (Fsp3) is 0.273. The predicted molar refractivity (Wildman–Crippen MR) is 65.7 cm³/mol. The molecule has 0 aliphatic carbocycles. The van der Waals surface area contributed by atoms with Gasteiger partial charge in [-0.2, -0.15) is 5.21 Å². The summed E-state index contributed by atoms with van der Waals surface area (Å²) in [5, 5.41) is 16.2. The number of carbonyl (C=O) groups excluding carboxylic acids is 1. The lowest BCUT2D eigenvalue weighted by Gasteiger charge is -2.10. The number of aromatic nitrogens is 4. The molecule has 4 N–H and O–H groups in total. The number of anilines is 1. The van der Waals surface area contributed by atoms with Gasteiger partial charge in [-0.3, -0.25) is 4.79 Å². The van der Waals surface area contributed by atoms with Crippen molar-refractivity contribution in [3.8, 4) is 0 Å². The zero-order valence-electron chi connectivity index (χ0n) is 10.1. The molecule has 94 valence electrons. The molecule has 0 saturated carbocycles. The maximum absolute atomic E-state index is 12.0. The lowest BCUT2D eigenvalue weighted by molar-refractivity contribution is 0.0938. The van der Waals surface area contributed by atoms with Crippen molar-refractivity contribution < 1.29 is 4.79 Å². The van der Waals surface area contributed by atoms with Crippen LogP contribution >= 0.6 is 0 Å². The average Bonchev–Trinajstić information content (AvgIpc) is 2.86. The number of benzene rings is 1. The Bertz CT molecular complexity index is 551. The number of rotatable bonds is 3. The third kappa shape index (κ3) is 2.45. The van der Waals surface area contributed by atoms with Crippen LogP contribution in [-0.4, -0.2) is 26.5 Å². The van der Waals surface area contributed by atoms with Gasteiger partial charge in [0.15, 0.2) is 5.82 Å². The Balaban J connectivity index is 2.10. The van der Waals surface area contributed by atoms with Crippen molar-refractivity contribution in [3.63, 3.8) is 0 Å². The fourth-order valence-electron chi connectivity index (χ4n) is 1.51. The monoisotopic (exact) mass is 246 g/mol. The Hall–Kier alpha value is -2.44. The van der Waals surface area contributed by atoms with Crippen molar-refractivity contribution in [2.75, 3.05) is 5.73 Å². The van der Waals surface area contributed by atoms with Gasteiger partial charge >= 0.3 is 0 Å². The number of tetrazole rings is 1. The minimum atomic E-state index is -0.311. The molecule has 1 aromatic carbocycles. The lowest BCUT2D eigenvalue weighted by atomic mass is 10.1. The molecular weight excluding hydrogens is 232 g/mol. The Morgan fingerprint density at radius 3 is 2.89 bits per heavy atom. The second-order valence-electron chi connectivity index (χ2n) is 4.04. The summed E-state index contributed by atoms with van der Waals surface area (Å²) in [5.74, 6) is 0.242. The summed E-state index contributed by atoms with van der Waals surface area (Å²) in [6.07, 6.45) is 0. The number of nitrogens with two attached hydrogens (primary N) is 1. The molecule has 0 saturated heterocycles. The van der Waals surface area contributed by atoms with Gasteiger partial charge in [0.25, 0.3) is 5.91 Å². The van der Waals surface area contributed by atoms with Crippen LogP contribution in [-0.2, 0) is 0 Å². The summed E-state index contributed by atoms with van der Waals surface area (Å²) in [6.45, 7) is 3.64. The van der Waals surface area contributed by atoms with Gasteiger partial charge in [-0.05, 0) is 37.6 Å². The van der Waals surface area contributed by atoms with Crippen LogP contribution in [0.15, 0.2) is 18.2 Å². The summed E-state index contributed by atoms with van der Waals surface area (Å²) in [4.78, 5) is 12.0. The number of hydrogen-bond donors (Lipinski definition) is 3. The van der Waals surface area contributed by atoms with Crippen LogP contribution in [0.1, 0.15) is 34.7 Å². The van der Waals surface area contributed by atoms with E-state index in [4.69, 9.17) is 5.73 Å². The van der Waals surface area contributed by atoms with Crippen molar-refractivity contribution in [2.24, 2.45) is 0 Å². The highest BCUT2D eigenvalue weighted by atomic mass is 16.1. The molecule has 0 spiro atoms. The standard InChI is InChI=1S/C11H14N6O/c1-6-5-8(3-4-9(6)12)11(18)13-7(2)10-14-16-17-15-10/h3-5,7H,12H2,1-2H3,(H,13,18)(H,14,15,16,17). The molecule has 0 aliphatic rings. The predicted octanol–water partition coefficient (Wildman–Crippen LogP) is 0.581. The van der Waals surface area contributed by atoms with E-state index < -0.39 is 0 Å². The molecule has 7 nitrogen and oxygen atoms in total. The number of aromatic amines is 1. The molecule has 7 heteroatoms. The maximum atomic E-state index is 12.0. The summed E-state index contributed by atoms with van der Waals surface area (Å²) < 4.78 is 0. The molecule has 2 rings (SSSR count). The average molecular weight is 246 g/mol. The molecular formula is C11H14N6O. The largest absolute Gasteiger partial charge is 0.399 e. The zero-order valence-corrected chi connectivity index (χ0v) is 10.1. The summed E-state index contributed by atoms with van der Waals surface area (Å²) in [6, 6.07) is 4.83. The van der Waals surface area contributed by atoms with Crippen molar-refractivity contribution >= 4 is 11.6 Å². The van der Waals surface area contributed by atoms with Crippen molar-refractivity contribution in [2.45, 2.75) is 19.9 Å². The van der Waals surface area contributed by atoms with Crippen molar-refractivity contribution in [1.82, 2.24) is 25.9 Å². The van der Waals surface area contributed by atoms with Crippen LogP contribution in [0.4, 0.5) is 5.69 Å². The van der Waals surface area contributed by atoms with Crippen LogP contribution in [0.25, 0.3) is 0 Å². The van der Waals surface area contributed by atoms with Gasteiger partial charge in [-0.15, -0.1) is 10.2 Å². The van der Waals surface area contributed by atoms with E-state index in [-0.39, 0.29) is 11.9 Å². The number of aryl methyl sites for hydroxylation is 1. The first-order chi connectivity index (χ1) is 8.58. The van der Waals surface area contributed by atoms with Crippen LogP contribution < -0.4 is 11.1 Å².